The number of hydrogen-bond donors (Lipinski definition) is 1. The van der Waals surface area contributed by atoms with Crippen LogP contribution in [0.2, 0.25) is 0 Å². The molecule has 0 radical (unpaired) electrons. The average Bonchev–Trinajstić information content (AvgIpc) is 2.94. The molecular formula is C17H23N3OS. The fourth-order valence-corrected chi connectivity index (χ4v) is 3.12. The maximum absolute atomic E-state index is 12.3. The number of hydrogen-bond acceptors (Lipinski definition) is 3. The zero-order valence-electron chi connectivity index (χ0n) is 13.3. The molecule has 22 heavy (non-hydrogen) atoms. The first-order valence-corrected chi connectivity index (χ1v) is 8.46. The Morgan fingerprint density at radius 1 is 1.36 bits per heavy atom. The predicted octanol–water partition coefficient (Wildman–Crippen LogP) is 3.21. The molecular weight excluding hydrogens is 294 g/mol. The van der Waals surface area contributed by atoms with E-state index in [1.165, 1.54) is 17.3 Å². The van der Waals surface area contributed by atoms with Gasteiger partial charge in [-0.2, -0.15) is 0 Å². The number of amides is 1. The zero-order valence-corrected chi connectivity index (χ0v) is 14.1. The van der Waals surface area contributed by atoms with Gasteiger partial charge in [-0.25, -0.2) is 4.98 Å². The lowest BCUT2D eigenvalue weighted by Crippen LogP contribution is -2.34. The van der Waals surface area contributed by atoms with Gasteiger partial charge in [0, 0.05) is 31.9 Å². The molecule has 0 saturated carbocycles. The predicted molar refractivity (Wildman–Crippen MR) is 91.0 cm³/mol. The molecule has 0 aliphatic rings. The molecule has 0 bridgehead atoms. The number of benzene rings is 1. The van der Waals surface area contributed by atoms with Gasteiger partial charge in [0.2, 0.25) is 5.91 Å². The van der Waals surface area contributed by atoms with E-state index in [0.29, 0.717) is 12.5 Å². The van der Waals surface area contributed by atoms with Crippen LogP contribution in [0.1, 0.15) is 31.7 Å². The van der Waals surface area contributed by atoms with Gasteiger partial charge < -0.3 is 9.88 Å². The van der Waals surface area contributed by atoms with Crippen LogP contribution in [0.5, 0.6) is 0 Å². The molecule has 0 saturated heterocycles. The van der Waals surface area contributed by atoms with E-state index in [0.717, 1.165) is 11.6 Å². The Morgan fingerprint density at radius 3 is 2.68 bits per heavy atom. The summed E-state index contributed by atoms with van der Waals surface area (Å²) in [5.74, 6) is 0.415. The lowest BCUT2D eigenvalue weighted by atomic mass is 9.96. The summed E-state index contributed by atoms with van der Waals surface area (Å²) in [5, 5.41) is 3.77. The monoisotopic (exact) mass is 317 g/mol. The highest BCUT2D eigenvalue weighted by atomic mass is 32.2. The van der Waals surface area contributed by atoms with Gasteiger partial charge in [0.1, 0.15) is 0 Å². The van der Waals surface area contributed by atoms with Crippen molar-refractivity contribution in [1.82, 2.24) is 14.9 Å². The fourth-order valence-electron chi connectivity index (χ4n) is 2.27. The molecule has 2 rings (SSSR count). The minimum Gasteiger partial charge on any atom is -0.355 e. The highest BCUT2D eigenvalue weighted by molar-refractivity contribution is 8.00. The number of carbonyl (C=O) groups excluding carboxylic acids is 1. The number of rotatable bonds is 7. The number of thioether (sulfide) groups is 1. The standard InChI is InChI=1S/C17H23N3OS/c1-4-14(15-8-6-5-7-9-15)12-19-16(21)13(2)22-17-18-10-11-20(17)3/h5-11,13-14H,4,12H2,1-3H3,(H,19,21)/t13-,14-/m0/s1. The topological polar surface area (TPSA) is 46.9 Å². The van der Waals surface area contributed by atoms with Crippen molar-refractivity contribution in [3.8, 4) is 0 Å². The van der Waals surface area contributed by atoms with Crippen LogP contribution < -0.4 is 5.32 Å². The molecule has 4 nitrogen and oxygen atoms in total. The van der Waals surface area contributed by atoms with E-state index < -0.39 is 0 Å². The fraction of sp³-hybridized carbons (Fsp3) is 0.412. The van der Waals surface area contributed by atoms with Gasteiger partial charge in [-0.3, -0.25) is 4.79 Å². The van der Waals surface area contributed by atoms with Crippen molar-refractivity contribution in [1.29, 1.82) is 0 Å². The van der Waals surface area contributed by atoms with E-state index in [1.54, 1.807) is 6.20 Å². The van der Waals surface area contributed by atoms with Gasteiger partial charge in [-0.15, -0.1) is 0 Å². The average molecular weight is 317 g/mol. The quantitative estimate of drug-likeness (QED) is 0.798. The molecule has 0 unspecified atom stereocenters. The second-order valence-corrected chi connectivity index (χ2v) is 6.65. The summed E-state index contributed by atoms with van der Waals surface area (Å²) in [6.45, 7) is 4.73. The van der Waals surface area contributed by atoms with E-state index in [9.17, 15) is 4.79 Å². The Labute approximate surface area is 136 Å². The molecule has 5 heteroatoms. The van der Waals surface area contributed by atoms with Gasteiger partial charge in [-0.1, -0.05) is 49.0 Å². The van der Waals surface area contributed by atoms with Crippen molar-refractivity contribution in [2.24, 2.45) is 7.05 Å². The van der Waals surface area contributed by atoms with Gasteiger partial charge in [0.15, 0.2) is 5.16 Å². The molecule has 1 aromatic heterocycles. The third kappa shape index (κ3) is 4.37. The Bertz CT molecular complexity index is 597. The first-order chi connectivity index (χ1) is 10.6. The first-order valence-electron chi connectivity index (χ1n) is 7.58. The normalized spacial score (nSPS) is 13.6. The Morgan fingerprint density at radius 2 is 2.09 bits per heavy atom. The highest BCUT2D eigenvalue weighted by Gasteiger charge is 2.18. The van der Waals surface area contributed by atoms with E-state index in [-0.39, 0.29) is 11.2 Å². The number of carbonyl (C=O) groups is 1. The largest absolute Gasteiger partial charge is 0.355 e. The van der Waals surface area contributed by atoms with Crippen molar-refractivity contribution in [3.05, 3.63) is 48.3 Å². The van der Waals surface area contributed by atoms with Crippen molar-refractivity contribution in [2.75, 3.05) is 6.54 Å². The van der Waals surface area contributed by atoms with Crippen LogP contribution in [0.3, 0.4) is 0 Å². The Kier molecular flexibility index (Phi) is 6.07. The summed E-state index contributed by atoms with van der Waals surface area (Å²) in [6, 6.07) is 10.3. The summed E-state index contributed by atoms with van der Waals surface area (Å²) in [7, 11) is 1.93. The molecule has 0 spiro atoms. The van der Waals surface area contributed by atoms with Gasteiger partial charge in [0.25, 0.3) is 0 Å². The van der Waals surface area contributed by atoms with E-state index >= 15 is 0 Å². The maximum Gasteiger partial charge on any atom is 0.233 e. The zero-order chi connectivity index (χ0) is 15.9. The van der Waals surface area contributed by atoms with Crippen molar-refractivity contribution < 1.29 is 4.79 Å². The van der Waals surface area contributed by atoms with Gasteiger partial charge in [-0.05, 0) is 18.9 Å². The van der Waals surface area contributed by atoms with E-state index in [1.807, 2.05) is 42.9 Å². The number of imidazole rings is 1. The van der Waals surface area contributed by atoms with Crippen LogP contribution >= 0.6 is 11.8 Å². The third-order valence-electron chi connectivity index (χ3n) is 3.71. The van der Waals surface area contributed by atoms with E-state index in [2.05, 4.69) is 29.4 Å². The van der Waals surface area contributed by atoms with Crippen molar-refractivity contribution in [2.45, 2.75) is 36.6 Å². The van der Waals surface area contributed by atoms with Gasteiger partial charge in [0.05, 0.1) is 5.25 Å². The molecule has 0 fully saturated rings. The number of aromatic nitrogens is 2. The lowest BCUT2D eigenvalue weighted by Gasteiger charge is -2.18. The Balaban J connectivity index is 1.87. The summed E-state index contributed by atoms with van der Waals surface area (Å²) in [5.41, 5.74) is 1.27. The van der Waals surface area contributed by atoms with Crippen molar-refractivity contribution in [3.63, 3.8) is 0 Å². The summed E-state index contributed by atoms with van der Waals surface area (Å²) in [6.07, 6.45) is 4.64. The van der Waals surface area contributed by atoms with Crippen LogP contribution in [0, 0.1) is 0 Å². The van der Waals surface area contributed by atoms with Gasteiger partial charge >= 0.3 is 0 Å². The summed E-state index contributed by atoms with van der Waals surface area (Å²) in [4.78, 5) is 16.5. The lowest BCUT2D eigenvalue weighted by molar-refractivity contribution is -0.120. The molecule has 2 atom stereocenters. The molecule has 1 amide bonds. The first kappa shape index (κ1) is 16.6. The van der Waals surface area contributed by atoms with Crippen LogP contribution in [0.25, 0.3) is 0 Å². The SMILES string of the molecule is CC[C@@H](CNC(=O)[C@H](C)Sc1nccn1C)c1ccccc1. The maximum atomic E-state index is 12.3. The minimum absolute atomic E-state index is 0.0578. The van der Waals surface area contributed by atoms with Crippen LogP contribution in [-0.2, 0) is 11.8 Å². The molecule has 1 heterocycles. The smallest absolute Gasteiger partial charge is 0.233 e. The molecule has 2 aromatic rings. The second-order valence-electron chi connectivity index (χ2n) is 5.34. The molecule has 1 aromatic carbocycles. The molecule has 0 aliphatic heterocycles. The van der Waals surface area contributed by atoms with Crippen LogP contribution in [0.4, 0.5) is 0 Å². The minimum atomic E-state index is -0.158. The van der Waals surface area contributed by atoms with E-state index in [4.69, 9.17) is 0 Å². The molecule has 118 valence electrons. The third-order valence-corrected chi connectivity index (χ3v) is 4.89. The van der Waals surface area contributed by atoms with Crippen molar-refractivity contribution >= 4 is 17.7 Å². The number of nitrogens with zero attached hydrogens (tertiary/aromatic N) is 2. The highest BCUT2D eigenvalue weighted by Crippen LogP contribution is 2.22. The second kappa shape index (κ2) is 8.03. The number of aryl methyl sites for hydroxylation is 1. The number of nitrogens with one attached hydrogen (secondary N) is 1. The summed E-state index contributed by atoms with van der Waals surface area (Å²) < 4.78 is 1.92. The molecule has 0 aliphatic carbocycles. The summed E-state index contributed by atoms with van der Waals surface area (Å²) >= 11 is 1.48. The Hall–Kier alpha value is -1.75. The van der Waals surface area contributed by atoms with Crippen LogP contribution in [-0.4, -0.2) is 27.3 Å². The molecule has 1 N–H and O–H groups in total. The van der Waals surface area contributed by atoms with Crippen LogP contribution in [0.15, 0.2) is 47.9 Å².